The van der Waals surface area contributed by atoms with Crippen LogP contribution in [0.4, 0.5) is 5.69 Å². The van der Waals surface area contributed by atoms with Crippen LogP contribution in [0.2, 0.25) is 0 Å². The van der Waals surface area contributed by atoms with Gasteiger partial charge in [-0.05, 0) is 31.2 Å². The van der Waals surface area contributed by atoms with E-state index in [1.807, 2.05) is 24.3 Å². The zero-order valence-electron chi connectivity index (χ0n) is 11.5. The number of para-hydroxylation sites is 2. The number of aliphatic hydroxyl groups excluding tert-OH is 1. The van der Waals surface area contributed by atoms with Crippen molar-refractivity contribution in [1.82, 2.24) is 0 Å². The van der Waals surface area contributed by atoms with E-state index in [9.17, 15) is 5.11 Å². The molecule has 3 N–H and O–H groups in total. The van der Waals surface area contributed by atoms with E-state index < -0.39 is 6.10 Å². The Balaban J connectivity index is 1.78. The quantitative estimate of drug-likeness (QED) is 0.634. The Labute approximate surface area is 123 Å². The Kier molecular flexibility index (Phi) is 5.32. The summed E-state index contributed by atoms with van der Waals surface area (Å²) in [5, 5.41) is 9.95. The monoisotopic (exact) mass is 289 g/mol. The Morgan fingerprint density at radius 1 is 1.20 bits per heavy atom. The molecule has 1 atom stereocenters. The summed E-state index contributed by atoms with van der Waals surface area (Å²) in [4.78, 5) is 1.16. The molecule has 0 aliphatic heterocycles. The zero-order chi connectivity index (χ0) is 14.4. The minimum absolute atomic E-state index is 0.243. The van der Waals surface area contributed by atoms with Crippen molar-refractivity contribution in [3.05, 3.63) is 54.1 Å². The molecule has 0 amide bonds. The van der Waals surface area contributed by atoms with Crippen LogP contribution in [0.15, 0.2) is 53.4 Å². The number of nitrogen functional groups attached to an aromatic ring is 1. The predicted octanol–water partition coefficient (Wildman–Crippen LogP) is 3.11. The fourth-order valence-corrected chi connectivity index (χ4v) is 2.67. The highest BCUT2D eigenvalue weighted by Gasteiger charge is 2.07. The zero-order valence-corrected chi connectivity index (χ0v) is 12.3. The van der Waals surface area contributed by atoms with Crippen LogP contribution in [0, 0.1) is 6.92 Å². The minimum Gasteiger partial charge on any atom is -0.489 e. The highest BCUT2D eigenvalue weighted by Crippen LogP contribution is 2.22. The molecule has 0 radical (unpaired) electrons. The number of benzene rings is 2. The Morgan fingerprint density at radius 3 is 2.75 bits per heavy atom. The molecule has 0 aromatic heterocycles. The summed E-state index contributed by atoms with van der Waals surface area (Å²) in [6.07, 6.45) is -0.528. The molecule has 2 aromatic carbocycles. The third kappa shape index (κ3) is 4.47. The van der Waals surface area contributed by atoms with Crippen molar-refractivity contribution >= 4 is 17.4 Å². The summed E-state index contributed by atoms with van der Waals surface area (Å²) in [7, 11) is 0. The summed E-state index contributed by atoms with van der Waals surface area (Å²) in [5.74, 6) is 1.21. The maximum atomic E-state index is 9.95. The van der Waals surface area contributed by atoms with Gasteiger partial charge < -0.3 is 15.6 Å². The molecule has 0 spiro atoms. The number of rotatable bonds is 6. The van der Waals surface area contributed by atoms with Crippen LogP contribution < -0.4 is 10.5 Å². The molecule has 0 fully saturated rings. The molecule has 0 saturated carbocycles. The van der Waals surface area contributed by atoms with E-state index >= 15 is 0 Å². The van der Waals surface area contributed by atoms with Crippen molar-refractivity contribution in [1.29, 1.82) is 0 Å². The van der Waals surface area contributed by atoms with Crippen molar-refractivity contribution in [2.75, 3.05) is 18.1 Å². The number of thioether (sulfide) groups is 1. The molecule has 1 unspecified atom stereocenters. The molecule has 3 nitrogen and oxygen atoms in total. The molecule has 4 heteroatoms. The van der Waals surface area contributed by atoms with Crippen molar-refractivity contribution in [3.63, 3.8) is 0 Å². The van der Waals surface area contributed by atoms with Crippen LogP contribution in [-0.2, 0) is 0 Å². The first-order chi connectivity index (χ1) is 9.65. The van der Waals surface area contributed by atoms with Gasteiger partial charge in [0.1, 0.15) is 12.4 Å². The molecule has 0 heterocycles. The molecule has 106 valence electrons. The summed E-state index contributed by atoms with van der Waals surface area (Å²) < 4.78 is 5.52. The number of hydrogen-bond donors (Lipinski definition) is 2. The molecule has 0 saturated heterocycles. The van der Waals surface area contributed by atoms with Gasteiger partial charge in [0, 0.05) is 10.6 Å². The van der Waals surface area contributed by atoms with Gasteiger partial charge >= 0.3 is 0 Å². The Hall–Kier alpha value is -1.65. The van der Waals surface area contributed by atoms with Crippen LogP contribution in [0.3, 0.4) is 0 Å². The third-order valence-corrected chi connectivity index (χ3v) is 3.92. The highest BCUT2D eigenvalue weighted by atomic mass is 32.2. The van der Waals surface area contributed by atoms with E-state index in [2.05, 4.69) is 19.1 Å². The number of nitrogens with two attached hydrogens (primary N) is 1. The van der Waals surface area contributed by atoms with Gasteiger partial charge in [0.05, 0.1) is 11.8 Å². The second kappa shape index (κ2) is 7.22. The lowest BCUT2D eigenvalue weighted by molar-refractivity contribution is 0.127. The molecule has 0 bridgehead atoms. The largest absolute Gasteiger partial charge is 0.489 e. The van der Waals surface area contributed by atoms with Crippen LogP contribution >= 0.6 is 11.8 Å². The van der Waals surface area contributed by atoms with Gasteiger partial charge in [0.15, 0.2) is 0 Å². The molecular weight excluding hydrogens is 270 g/mol. The Bertz CT molecular complexity index is 560. The Morgan fingerprint density at radius 2 is 2.00 bits per heavy atom. The minimum atomic E-state index is -0.528. The highest BCUT2D eigenvalue weighted by molar-refractivity contribution is 7.99. The average molecular weight is 289 g/mol. The van der Waals surface area contributed by atoms with Crippen molar-refractivity contribution in [2.24, 2.45) is 0 Å². The molecule has 0 aliphatic rings. The first-order valence-corrected chi connectivity index (χ1v) is 7.48. The summed E-state index contributed by atoms with van der Waals surface area (Å²) in [6, 6.07) is 15.5. The van der Waals surface area contributed by atoms with E-state index in [1.165, 1.54) is 5.56 Å². The number of aliphatic hydroxyl groups is 1. The van der Waals surface area contributed by atoms with Crippen LogP contribution in [0.1, 0.15) is 5.56 Å². The lowest BCUT2D eigenvalue weighted by Gasteiger charge is -2.13. The maximum absolute atomic E-state index is 9.95. The van der Waals surface area contributed by atoms with E-state index in [4.69, 9.17) is 10.5 Å². The van der Waals surface area contributed by atoms with E-state index in [0.717, 1.165) is 4.90 Å². The van der Waals surface area contributed by atoms with E-state index in [1.54, 1.807) is 23.9 Å². The van der Waals surface area contributed by atoms with E-state index in [0.29, 0.717) is 17.2 Å². The normalized spacial score (nSPS) is 12.1. The molecule has 2 aromatic rings. The number of hydrogen-bond acceptors (Lipinski definition) is 4. The molecule has 0 aliphatic carbocycles. The topological polar surface area (TPSA) is 55.5 Å². The van der Waals surface area contributed by atoms with Crippen LogP contribution in [0.5, 0.6) is 5.75 Å². The average Bonchev–Trinajstić information content (AvgIpc) is 2.44. The van der Waals surface area contributed by atoms with Crippen LogP contribution in [0.25, 0.3) is 0 Å². The standard InChI is InChI=1S/C16H19NO2S/c1-12-5-4-6-14(9-12)20-11-13(18)10-19-16-8-3-2-7-15(16)17/h2-9,13,18H,10-11,17H2,1H3. The SMILES string of the molecule is Cc1cccc(SCC(O)COc2ccccc2N)c1. The number of anilines is 1. The lowest BCUT2D eigenvalue weighted by Crippen LogP contribution is -2.20. The second-order valence-electron chi connectivity index (χ2n) is 4.63. The van der Waals surface area contributed by atoms with Gasteiger partial charge in [-0.15, -0.1) is 11.8 Å². The van der Waals surface area contributed by atoms with Gasteiger partial charge in [0.25, 0.3) is 0 Å². The summed E-state index contributed by atoms with van der Waals surface area (Å²) in [5.41, 5.74) is 7.59. The van der Waals surface area contributed by atoms with Gasteiger partial charge in [-0.3, -0.25) is 0 Å². The van der Waals surface area contributed by atoms with Crippen LogP contribution in [-0.4, -0.2) is 23.6 Å². The number of ether oxygens (including phenoxy) is 1. The third-order valence-electron chi connectivity index (χ3n) is 2.78. The van der Waals surface area contributed by atoms with Gasteiger partial charge in [0.2, 0.25) is 0 Å². The number of aryl methyl sites for hydroxylation is 1. The molecular formula is C16H19NO2S. The van der Waals surface area contributed by atoms with E-state index in [-0.39, 0.29) is 6.61 Å². The summed E-state index contributed by atoms with van der Waals surface area (Å²) in [6.45, 7) is 2.30. The molecule has 2 rings (SSSR count). The lowest BCUT2D eigenvalue weighted by atomic mass is 10.2. The fraction of sp³-hybridized carbons (Fsp3) is 0.250. The van der Waals surface area contributed by atoms with Gasteiger partial charge in [-0.1, -0.05) is 29.8 Å². The second-order valence-corrected chi connectivity index (χ2v) is 5.72. The smallest absolute Gasteiger partial charge is 0.142 e. The van der Waals surface area contributed by atoms with Crippen molar-refractivity contribution in [2.45, 2.75) is 17.9 Å². The molecule has 20 heavy (non-hydrogen) atoms. The first kappa shape index (κ1) is 14.8. The van der Waals surface area contributed by atoms with Crippen molar-refractivity contribution in [3.8, 4) is 5.75 Å². The van der Waals surface area contributed by atoms with Crippen molar-refractivity contribution < 1.29 is 9.84 Å². The predicted molar refractivity (Wildman–Crippen MR) is 84.3 cm³/mol. The summed E-state index contributed by atoms with van der Waals surface area (Å²) >= 11 is 1.62. The first-order valence-electron chi connectivity index (χ1n) is 6.50. The van der Waals surface area contributed by atoms with Gasteiger partial charge in [-0.2, -0.15) is 0 Å². The maximum Gasteiger partial charge on any atom is 0.142 e. The van der Waals surface area contributed by atoms with Gasteiger partial charge in [-0.25, -0.2) is 0 Å². The fourth-order valence-electron chi connectivity index (χ4n) is 1.74.